The molecule has 1 aromatic carbocycles. The molecule has 3 rings (SSSR count). The summed E-state index contributed by atoms with van der Waals surface area (Å²) in [5.74, 6) is 1.44. The van der Waals surface area contributed by atoms with E-state index in [-0.39, 0.29) is 17.1 Å². The Morgan fingerprint density at radius 1 is 1.30 bits per heavy atom. The van der Waals surface area contributed by atoms with Crippen molar-refractivity contribution in [1.29, 1.82) is 0 Å². The van der Waals surface area contributed by atoms with Gasteiger partial charge in [0.1, 0.15) is 5.69 Å². The monoisotopic (exact) mass is 363 g/mol. The first-order valence-corrected chi connectivity index (χ1v) is 8.48. The van der Waals surface area contributed by atoms with Gasteiger partial charge < -0.3 is 10.1 Å². The SMILES string of the molecule is C#CCCCOc1cccc(NC(=O)c2nc3cccnc3cc2C)c1F. The van der Waals surface area contributed by atoms with Crippen molar-refractivity contribution < 1.29 is 13.9 Å². The van der Waals surface area contributed by atoms with Gasteiger partial charge in [0.2, 0.25) is 0 Å². The first-order chi connectivity index (χ1) is 13.1. The van der Waals surface area contributed by atoms with Crippen LogP contribution in [0.5, 0.6) is 5.75 Å². The number of halogens is 1. The minimum Gasteiger partial charge on any atom is -0.490 e. The third-order valence-electron chi connectivity index (χ3n) is 3.92. The third kappa shape index (κ3) is 4.21. The highest BCUT2D eigenvalue weighted by Gasteiger charge is 2.16. The molecule has 6 heteroatoms. The third-order valence-corrected chi connectivity index (χ3v) is 3.92. The molecule has 0 saturated heterocycles. The number of amides is 1. The van der Waals surface area contributed by atoms with E-state index in [2.05, 4.69) is 21.2 Å². The van der Waals surface area contributed by atoms with Gasteiger partial charge in [-0.1, -0.05) is 6.07 Å². The number of aryl methyl sites for hydroxylation is 1. The Bertz CT molecular complexity index is 1030. The summed E-state index contributed by atoms with van der Waals surface area (Å²) in [5.41, 5.74) is 2.19. The molecule has 27 heavy (non-hydrogen) atoms. The second-order valence-corrected chi connectivity index (χ2v) is 5.92. The van der Waals surface area contributed by atoms with Gasteiger partial charge in [-0.3, -0.25) is 9.78 Å². The fourth-order valence-corrected chi connectivity index (χ4v) is 2.58. The normalized spacial score (nSPS) is 10.4. The number of pyridine rings is 2. The first kappa shape index (κ1) is 18.3. The molecule has 0 radical (unpaired) electrons. The number of rotatable bonds is 6. The number of carbonyl (C=O) groups is 1. The number of ether oxygens (including phenoxy) is 1. The smallest absolute Gasteiger partial charge is 0.274 e. The lowest BCUT2D eigenvalue weighted by Gasteiger charge is -2.12. The Labute approximate surface area is 156 Å². The Balaban J connectivity index is 1.80. The minimum absolute atomic E-state index is 0.0296. The molecular formula is C21H18FN3O2. The second kappa shape index (κ2) is 8.28. The number of aromatic nitrogens is 2. The van der Waals surface area contributed by atoms with Gasteiger partial charge >= 0.3 is 0 Å². The van der Waals surface area contributed by atoms with Crippen LogP contribution in [-0.2, 0) is 0 Å². The molecule has 0 spiro atoms. The predicted molar refractivity (Wildman–Crippen MR) is 102 cm³/mol. The van der Waals surface area contributed by atoms with E-state index in [0.29, 0.717) is 36.0 Å². The van der Waals surface area contributed by atoms with Crippen LogP contribution in [-0.4, -0.2) is 22.5 Å². The number of nitrogens with zero attached hydrogens (tertiary/aromatic N) is 2. The minimum atomic E-state index is -0.633. The number of carbonyl (C=O) groups excluding carboxylic acids is 1. The van der Waals surface area contributed by atoms with Crippen molar-refractivity contribution in [2.45, 2.75) is 19.8 Å². The van der Waals surface area contributed by atoms with Crippen molar-refractivity contribution in [1.82, 2.24) is 9.97 Å². The number of terminal acetylenes is 1. The molecule has 2 aromatic heterocycles. The molecule has 0 aliphatic rings. The molecule has 1 amide bonds. The molecule has 1 N–H and O–H groups in total. The zero-order valence-electron chi connectivity index (χ0n) is 14.8. The zero-order valence-corrected chi connectivity index (χ0v) is 14.8. The lowest BCUT2D eigenvalue weighted by Crippen LogP contribution is -2.16. The van der Waals surface area contributed by atoms with Crippen LogP contribution >= 0.6 is 0 Å². The maximum atomic E-state index is 14.6. The molecule has 5 nitrogen and oxygen atoms in total. The zero-order chi connectivity index (χ0) is 19.2. The molecule has 0 aliphatic carbocycles. The average Bonchev–Trinajstić information content (AvgIpc) is 2.67. The number of nitrogens with one attached hydrogen (secondary N) is 1. The lowest BCUT2D eigenvalue weighted by atomic mass is 10.1. The van der Waals surface area contributed by atoms with E-state index < -0.39 is 11.7 Å². The Morgan fingerprint density at radius 3 is 2.96 bits per heavy atom. The van der Waals surface area contributed by atoms with E-state index >= 15 is 0 Å². The van der Waals surface area contributed by atoms with E-state index in [9.17, 15) is 9.18 Å². The summed E-state index contributed by atoms with van der Waals surface area (Å²) in [6, 6.07) is 9.88. The van der Waals surface area contributed by atoms with Crippen LogP contribution < -0.4 is 10.1 Å². The summed E-state index contributed by atoms with van der Waals surface area (Å²) in [5, 5.41) is 2.56. The van der Waals surface area contributed by atoms with Gasteiger partial charge in [0.05, 0.1) is 23.3 Å². The number of anilines is 1. The van der Waals surface area contributed by atoms with E-state index in [4.69, 9.17) is 11.2 Å². The summed E-state index contributed by atoms with van der Waals surface area (Å²) >= 11 is 0. The number of hydrogen-bond acceptors (Lipinski definition) is 4. The molecule has 0 unspecified atom stereocenters. The highest BCUT2D eigenvalue weighted by molar-refractivity contribution is 6.05. The standard InChI is InChI=1S/C21H18FN3O2/c1-3-4-5-12-27-18-10-6-8-16(19(18)22)25-21(26)20-14(2)13-17-15(24-20)9-7-11-23-17/h1,6-11,13H,4-5,12H2,2H3,(H,25,26). The van der Waals surface area contributed by atoms with Crippen molar-refractivity contribution in [3.8, 4) is 18.1 Å². The van der Waals surface area contributed by atoms with Crippen molar-refractivity contribution in [2.75, 3.05) is 11.9 Å². The van der Waals surface area contributed by atoms with Gasteiger partial charge in [0.25, 0.3) is 5.91 Å². The molecule has 0 fully saturated rings. The molecule has 2 heterocycles. The lowest BCUT2D eigenvalue weighted by molar-refractivity contribution is 0.102. The Kier molecular flexibility index (Phi) is 5.62. The highest BCUT2D eigenvalue weighted by atomic mass is 19.1. The van der Waals surface area contributed by atoms with E-state index in [0.717, 1.165) is 0 Å². The summed E-state index contributed by atoms with van der Waals surface area (Å²) in [6.45, 7) is 2.06. The molecule has 0 aliphatic heterocycles. The molecule has 0 bridgehead atoms. The first-order valence-electron chi connectivity index (χ1n) is 8.48. The predicted octanol–water partition coefficient (Wildman–Crippen LogP) is 4.12. The largest absolute Gasteiger partial charge is 0.490 e. The molecule has 0 saturated carbocycles. The van der Waals surface area contributed by atoms with Gasteiger partial charge in [0.15, 0.2) is 11.6 Å². The van der Waals surface area contributed by atoms with Crippen LogP contribution in [0.2, 0.25) is 0 Å². The topological polar surface area (TPSA) is 64.1 Å². The highest BCUT2D eigenvalue weighted by Crippen LogP contribution is 2.25. The Hall–Kier alpha value is -3.46. The summed E-state index contributed by atoms with van der Waals surface area (Å²) in [6.07, 6.45) is 8.02. The van der Waals surface area contributed by atoms with Crippen molar-refractivity contribution >= 4 is 22.6 Å². The van der Waals surface area contributed by atoms with Crippen molar-refractivity contribution in [3.63, 3.8) is 0 Å². The van der Waals surface area contributed by atoms with E-state index in [1.165, 1.54) is 12.1 Å². The number of benzene rings is 1. The summed E-state index contributed by atoms with van der Waals surface area (Å²) in [7, 11) is 0. The maximum Gasteiger partial charge on any atom is 0.274 e. The molecule has 3 aromatic rings. The number of unbranched alkanes of at least 4 members (excludes halogenated alkanes) is 1. The number of fused-ring (bicyclic) bond motifs is 1. The number of hydrogen-bond donors (Lipinski definition) is 1. The average molecular weight is 363 g/mol. The van der Waals surface area contributed by atoms with Crippen molar-refractivity contribution in [2.24, 2.45) is 0 Å². The summed E-state index contributed by atoms with van der Waals surface area (Å²) in [4.78, 5) is 21.2. The van der Waals surface area contributed by atoms with Crippen LogP contribution in [0.4, 0.5) is 10.1 Å². The van der Waals surface area contributed by atoms with Crippen LogP contribution in [0.25, 0.3) is 11.0 Å². The second-order valence-electron chi connectivity index (χ2n) is 5.92. The van der Waals surface area contributed by atoms with Crippen LogP contribution in [0.15, 0.2) is 42.6 Å². The molecule has 136 valence electrons. The fraction of sp³-hybridized carbons (Fsp3) is 0.190. The fourth-order valence-electron chi connectivity index (χ4n) is 2.58. The quantitative estimate of drug-likeness (QED) is 0.528. The van der Waals surface area contributed by atoms with E-state index in [1.54, 1.807) is 37.4 Å². The summed E-state index contributed by atoms with van der Waals surface area (Å²) < 4.78 is 20.0. The maximum absolute atomic E-state index is 14.6. The van der Waals surface area contributed by atoms with Crippen LogP contribution in [0, 0.1) is 25.1 Å². The van der Waals surface area contributed by atoms with Gasteiger partial charge in [-0.2, -0.15) is 0 Å². The van der Waals surface area contributed by atoms with Gasteiger partial charge in [0, 0.05) is 12.6 Å². The van der Waals surface area contributed by atoms with Crippen LogP contribution in [0.3, 0.4) is 0 Å². The van der Waals surface area contributed by atoms with Gasteiger partial charge in [-0.25, -0.2) is 9.37 Å². The van der Waals surface area contributed by atoms with Gasteiger partial charge in [-0.15, -0.1) is 12.3 Å². The molecule has 0 atom stereocenters. The Morgan fingerprint density at radius 2 is 2.15 bits per heavy atom. The molecular weight excluding hydrogens is 345 g/mol. The van der Waals surface area contributed by atoms with Gasteiger partial charge in [-0.05, 0) is 49.2 Å². The van der Waals surface area contributed by atoms with E-state index in [1.807, 2.05) is 0 Å². The van der Waals surface area contributed by atoms with Crippen LogP contribution in [0.1, 0.15) is 28.9 Å². The van der Waals surface area contributed by atoms with Crippen molar-refractivity contribution in [3.05, 3.63) is 59.7 Å².